The van der Waals surface area contributed by atoms with Crippen LogP contribution in [0.5, 0.6) is 0 Å². The van der Waals surface area contributed by atoms with Crippen molar-refractivity contribution >= 4 is 28.6 Å². The first-order chi connectivity index (χ1) is 13.2. The maximum atomic E-state index is 12.7. The molecule has 27 heavy (non-hydrogen) atoms. The molecule has 0 radical (unpaired) electrons. The minimum absolute atomic E-state index is 0.0363. The van der Waals surface area contributed by atoms with Gasteiger partial charge in [0.25, 0.3) is 5.91 Å². The van der Waals surface area contributed by atoms with Crippen molar-refractivity contribution in [3.63, 3.8) is 0 Å². The van der Waals surface area contributed by atoms with Crippen LogP contribution in [-0.2, 0) is 11.5 Å². The molecule has 1 heterocycles. The van der Waals surface area contributed by atoms with E-state index < -0.39 is 0 Å². The third kappa shape index (κ3) is 4.37. The fraction of sp³-hybridized carbons (Fsp3) is 0.318. The van der Waals surface area contributed by atoms with Crippen molar-refractivity contribution in [2.45, 2.75) is 30.4 Å². The standard InChI is InChI=1S/C22H24N2O2S/c23-19(16-10-11-16)12-24-22(25)21-18(17-8-4-5-9-20(17)26-21)14-27-13-15-6-2-1-3-7-15/h1-9,16,19H,10-14,23H2,(H,24,25). The summed E-state index contributed by atoms with van der Waals surface area (Å²) in [5, 5.41) is 3.97. The molecule has 1 aliphatic carbocycles. The fourth-order valence-corrected chi connectivity index (χ4v) is 4.27. The third-order valence-corrected chi connectivity index (χ3v) is 6.02. The molecule has 3 aromatic rings. The monoisotopic (exact) mass is 380 g/mol. The predicted octanol–water partition coefficient (Wildman–Crippen LogP) is 4.33. The molecule has 0 bridgehead atoms. The second-order valence-corrected chi connectivity index (χ2v) is 8.08. The molecule has 3 N–H and O–H groups in total. The van der Waals surface area contributed by atoms with Gasteiger partial charge in [-0.2, -0.15) is 11.8 Å². The van der Waals surface area contributed by atoms with E-state index in [2.05, 4.69) is 17.4 Å². The maximum absolute atomic E-state index is 12.7. The molecule has 1 fully saturated rings. The Morgan fingerprint density at radius 3 is 2.63 bits per heavy atom. The number of nitrogens with one attached hydrogen (secondary N) is 1. The summed E-state index contributed by atoms with van der Waals surface area (Å²) in [6, 6.07) is 18.2. The highest BCUT2D eigenvalue weighted by Gasteiger charge is 2.29. The zero-order chi connectivity index (χ0) is 18.6. The van der Waals surface area contributed by atoms with Gasteiger partial charge in [0.1, 0.15) is 5.58 Å². The lowest BCUT2D eigenvalue weighted by molar-refractivity contribution is 0.0924. The molecule has 0 aliphatic heterocycles. The quantitative estimate of drug-likeness (QED) is 0.610. The number of hydrogen-bond acceptors (Lipinski definition) is 4. The van der Waals surface area contributed by atoms with Crippen LogP contribution < -0.4 is 11.1 Å². The van der Waals surface area contributed by atoms with E-state index in [4.69, 9.17) is 10.2 Å². The van der Waals surface area contributed by atoms with Crippen molar-refractivity contribution in [1.82, 2.24) is 5.32 Å². The van der Waals surface area contributed by atoms with Crippen LogP contribution in [0.3, 0.4) is 0 Å². The number of rotatable bonds is 8. The summed E-state index contributed by atoms with van der Waals surface area (Å²) in [4.78, 5) is 12.7. The van der Waals surface area contributed by atoms with E-state index in [-0.39, 0.29) is 11.9 Å². The summed E-state index contributed by atoms with van der Waals surface area (Å²) in [5.41, 5.74) is 9.10. The van der Waals surface area contributed by atoms with E-state index in [0.29, 0.717) is 18.2 Å². The summed E-state index contributed by atoms with van der Waals surface area (Å²) in [7, 11) is 0. The van der Waals surface area contributed by atoms with Crippen molar-refractivity contribution in [3.8, 4) is 0 Å². The second kappa shape index (κ2) is 8.19. The van der Waals surface area contributed by atoms with Crippen molar-refractivity contribution in [2.75, 3.05) is 6.54 Å². The van der Waals surface area contributed by atoms with Gasteiger partial charge in [0.05, 0.1) is 0 Å². The van der Waals surface area contributed by atoms with Crippen molar-refractivity contribution in [3.05, 3.63) is 71.5 Å². The molecule has 1 aromatic heterocycles. The lowest BCUT2D eigenvalue weighted by Gasteiger charge is -2.11. The highest BCUT2D eigenvalue weighted by Crippen LogP contribution is 2.32. The van der Waals surface area contributed by atoms with Crippen molar-refractivity contribution in [2.24, 2.45) is 11.7 Å². The van der Waals surface area contributed by atoms with E-state index in [0.717, 1.165) is 28.0 Å². The molecule has 2 aromatic carbocycles. The summed E-state index contributed by atoms with van der Waals surface area (Å²) < 4.78 is 5.91. The molecule has 1 atom stereocenters. The number of carbonyl (C=O) groups is 1. The van der Waals surface area contributed by atoms with E-state index in [9.17, 15) is 4.79 Å². The molecule has 5 heteroatoms. The number of nitrogens with two attached hydrogens (primary N) is 1. The molecule has 1 unspecified atom stereocenters. The average molecular weight is 381 g/mol. The second-order valence-electron chi connectivity index (χ2n) is 7.10. The Morgan fingerprint density at radius 1 is 1.11 bits per heavy atom. The zero-order valence-corrected chi connectivity index (χ0v) is 16.0. The largest absolute Gasteiger partial charge is 0.451 e. The van der Waals surface area contributed by atoms with Crippen LogP contribution in [0, 0.1) is 5.92 Å². The summed E-state index contributed by atoms with van der Waals surface area (Å²) in [6.07, 6.45) is 2.34. The number of benzene rings is 2. The van der Waals surface area contributed by atoms with Crippen molar-refractivity contribution in [1.29, 1.82) is 0 Å². The van der Waals surface area contributed by atoms with Gasteiger partial charge < -0.3 is 15.5 Å². The maximum Gasteiger partial charge on any atom is 0.287 e. The highest BCUT2D eigenvalue weighted by molar-refractivity contribution is 7.97. The van der Waals surface area contributed by atoms with Gasteiger partial charge in [-0.05, 0) is 30.4 Å². The van der Waals surface area contributed by atoms with Gasteiger partial charge >= 0.3 is 0 Å². The smallest absolute Gasteiger partial charge is 0.287 e. The minimum Gasteiger partial charge on any atom is -0.451 e. The molecule has 1 saturated carbocycles. The van der Waals surface area contributed by atoms with Crippen LogP contribution in [-0.4, -0.2) is 18.5 Å². The Hall–Kier alpha value is -2.24. The number of carbonyl (C=O) groups excluding carboxylic acids is 1. The van der Waals surface area contributed by atoms with Crippen LogP contribution >= 0.6 is 11.8 Å². The Morgan fingerprint density at radius 2 is 1.85 bits per heavy atom. The molecular formula is C22H24N2O2S. The van der Waals surface area contributed by atoms with Gasteiger partial charge in [0, 0.05) is 35.0 Å². The number of furan rings is 1. The first kappa shape index (κ1) is 18.1. The van der Waals surface area contributed by atoms with Gasteiger partial charge in [0.15, 0.2) is 5.76 Å². The summed E-state index contributed by atoms with van der Waals surface area (Å²) in [6.45, 7) is 0.497. The Balaban J connectivity index is 1.48. The third-order valence-electron chi connectivity index (χ3n) is 4.99. The predicted molar refractivity (Wildman–Crippen MR) is 111 cm³/mol. The van der Waals surface area contributed by atoms with Gasteiger partial charge in [-0.3, -0.25) is 4.79 Å². The lowest BCUT2D eigenvalue weighted by Crippen LogP contribution is -2.38. The fourth-order valence-electron chi connectivity index (χ4n) is 3.25. The first-order valence-corrected chi connectivity index (χ1v) is 10.5. The molecule has 4 nitrogen and oxygen atoms in total. The van der Waals surface area contributed by atoms with Crippen molar-refractivity contribution < 1.29 is 9.21 Å². The molecule has 0 saturated heterocycles. The SMILES string of the molecule is NC(CNC(=O)c1oc2ccccc2c1CSCc1ccccc1)C1CC1. The number of thioether (sulfide) groups is 1. The minimum atomic E-state index is -0.169. The molecule has 0 spiro atoms. The van der Waals surface area contributed by atoms with E-state index >= 15 is 0 Å². The number of fused-ring (bicyclic) bond motifs is 1. The zero-order valence-electron chi connectivity index (χ0n) is 15.2. The van der Waals surface area contributed by atoms with Crippen LogP contribution in [0.25, 0.3) is 11.0 Å². The Kier molecular flexibility index (Phi) is 5.50. The van der Waals surface area contributed by atoms with E-state index in [1.165, 1.54) is 18.4 Å². The molecule has 1 amide bonds. The van der Waals surface area contributed by atoms with Gasteiger partial charge in [-0.25, -0.2) is 0 Å². The first-order valence-electron chi connectivity index (χ1n) is 9.38. The van der Waals surface area contributed by atoms with Gasteiger partial charge in [-0.1, -0.05) is 48.5 Å². The van der Waals surface area contributed by atoms with Crippen LogP contribution in [0.15, 0.2) is 59.0 Å². The van der Waals surface area contributed by atoms with E-state index in [1.807, 2.05) is 42.5 Å². The van der Waals surface area contributed by atoms with Gasteiger partial charge in [-0.15, -0.1) is 0 Å². The number of hydrogen-bond donors (Lipinski definition) is 2. The Labute approximate surface area is 163 Å². The number of para-hydroxylation sites is 1. The molecule has 4 rings (SSSR count). The van der Waals surface area contributed by atoms with Crippen LogP contribution in [0.4, 0.5) is 0 Å². The average Bonchev–Trinajstić information content (AvgIpc) is 3.49. The lowest BCUT2D eigenvalue weighted by atomic mass is 10.1. The summed E-state index contributed by atoms with van der Waals surface area (Å²) >= 11 is 1.79. The van der Waals surface area contributed by atoms with Gasteiger partial charge in [0.2, 0.25) is 0 Å². The topological polar surface area (TPSA) is 68.3 Å². The highest BCUT2D eigenvalue weighted by atomic mass is 32.2. The Bertz CT molecular complexity index is 918. The molecular weight excluding hydrogens is 356 g/mol. The van der Waals surface area contributed by atoms with Crippen LogP contribution in [0.2, 0.25) is 0 Å². The molecule has 1 aliphatic rings. The molecule has 140 valence electrons. The normalized spacial score (nSPS) is 15.0. The van der Waals surface area contributed by atoms with E-state index in [1.54, 1.807) is 11.8 Å². The number of amides is 1. The summed E-state index contributed by atoms with van der Waals surface area (Å²) in [5.74, 6) is 2.43. The van der Waals surface area contributed by atoms with Crippen LogP contribution in [0.1, 0.15) is 34.5 Å².